The Morgan fingerprint density at radius 3 is 2.80 bits per heavy atom. The van der Waals surface area contributed by atoms with E-state index in [-0.39, 0.29) is 5.84 Å². The quantitative estimate of drug-likeness (QED) is 0.383. The summed E-state index contributed by atoms with van der Waals surface area (Å²) in [5, 5.41) is 11.7. The average molecular weight is 272 g/mol. The van der Waals surface area contributed by atoms with Crippen LogP contribution in [0.2, 0.25) is 0 Å². The molecule has 0 aliphatic carbocycles. The second kappa shape index (κ2) is 5.02. The van der Waals surface area contributed by atoms with E-state index in [0.29, 0.717) is 0 Å². The summed E-state index contributed by atoms with van der Waals surface area (Å²) in [6.07, 6.45) is 0. The van der Waals surface area contributed by atoms with Crippen LogP contribution in [0.5, 0.6) is 0 Å². The Labute approximate surface area is 97.5 Å². The fourth-order valence-corrected chi connectivity index (χ4v) is 1.63. The maximum Gasteiger partial charge on any atom is 0.172 e. The van der Waals surface area contributed by atoms with E-state index in [1.54, 1.807) is 0 Å². The number of hydrogen-bond donors (Lipinski definition) is 2. The highest BCUT2D eigenvalue weighted by Gasteiger charge is 2.10. The number of hydrogen-bond acceptors (Lipinski definition) is 3. The molecule has 0 saturated heterocycles. The Balaban J connectivity index is 3.26. The first-order chi connectivity index (χ1) is 7.10. The van der Waals surface area contributed by atoms with Crippen molar-refractivity contribution in [1.29, 1.82) is 0 Å². The lowest BCUT2D eigenvalue weighted by Crippen LogP contribution is -2.22. The lowest BCUT2D eigenvalue weighted by molar-refractivity contribution is 0.318. The zero-order valence-electron chi connectivity index (χ0n) is 8.74. The third-order valence-electron chi connectivity index (χ3n) is 2.23. The van der Waals surface area contributed by atoms with Crippen LogP contribution in [0, 0.1) is 0 Å². The van der Waals surface area contributed by atoms with Crippen molar-refractivity contribution < 1.29 is 5.21 Å². The molecule has 3 N–H and O–H groups in total. The van der Waals surface area contributed by atoms with Gasteiger partial charge in [-0.25, -0.2) is 0 Å². The van der Waals surface area contributed by atoms with Crippen LogP contribution in [0.3, 0.4) is 0 Å². The molecule has 5 heteroatoms. The van der Waals surface area contributed by atoms with Crippen LogP contribution in [0.1, 0.15) is 12.5 Å². The van der Waals surface area contributed by atoms with E-state index in [0.717, 1.165) is 22.3 Å². The number of rotatable bonds is 3. The van der Waals surface area contributed by atoms with Crippen LogP contribution < -0.4 is 10.6 Å². The fraction of sp³-hybridized carbons (Fsp3) is 0.300. The van der Waals surface area contributed by atoms with Gasteiger partial charge in [-0.2, -0.15) is 0 Å². The van der Waals surface area contributed by atoms with E-state index in [9.17, 15) is 0 Å². The molecule has 0 bridgehead atoms. The zero-order valence-corrected chi connectivity index (χ0v) is 10.3. The normalized spacial score (nSPS) is 11.5. The predicted octanol–water partition coefficient (Wildman–Crippen LogP) is 2.00. The standard InChI is InChI=1S/C10H14BrN3O/c1-3-14(2)9-5-4-7(11)6-8(9)10(12)13-15/h4-6,15H,3H2,1-2H3,(H2,12,13). The maximum atomic E-state index is 8.69. The highest BCUT2D eigenvalue weighted by atomic mass is 79.9. The van der Waals surface area contributed by atoms with Crippen molar-refractivity contribution in [3.05, 3.63) is 28.2 Å². The molecule has 15 heavy (non-hydrogen) atoms. The van der Waals surface area contributed by atoms with Crippen LogP contribution in [-0.2, 0) is 0 Å². The highest BCUT2D eigenvalue weighted by Crippen LogP contribution is 2.23. The summed E-state index contributed by atoms with van der Waals surface area (Å²) < 4.78 is 0.900. The van der Waals surface area contributed by atoms with E-state index >= 15 is 0 Å². The monoisotopic (exact) mass is 271 g/mol. The summed E-state index contributed by atoms with van der Waals surface area (Å²) in [7, 11) is 1.96. The van der Waals surface area contributed by atoms with Crippen molar-refractivity contribution in [2.45, 2.75) is 6.92 Å². The first-order valence-electron chi connectivity index (χ1n) is 4.58. The fourth-order valence-electron chi connectivity index (χ4n) is 1.27. The Morgan fingerprint density at radius 2 is 2.27 bits per heavy atom. The van der Waals surface area contributed by atoms with Crippen molar-refractivity contribution in [2.75, 3.05) is 18.5 Å². The lowest BCUT2D eigenvalue weighted by Gasteiger charge is -2.20. The molecule has 0 atom stereocenters. The molecule has 4 nitrogen and oxygen atoms in total. The third kappa shape index (κ3) is 2.62. The number of amidine groups is 1. The van der Waals surface area contributed by atoms with E-state index in [2.05, 4.69) is 21.1 Å². The molecular formula is C10H14BrN3O. The molecule has 0 saturated carbocycles. The van der Waals surface area contributed by atoms with Crippen LogP contribution in [-0.4, -0.2) is 24.6 Å². The number of nitrogens with two attached hydrogens (primary N) is 1. The van der Waals surface area contributed by atoms with Gasteiger partial charge in [0, 0.05) is 29.3 Å². The van der Waals surface area contributed by atoms with Gasteiger partial charge >= 0.3 is 0 Å². The second-order valence-corrected chi connectivity index (χ2v) is 4.08. The number of nitrogens with zero attached hydrogens (tertiary/aromatic N) is 2. The molecule has 0 spiro atoms. The molecule has 1 aromatic carbocycles. The molecule has 0 aromatic heterocycles. The van der Waals surface area contributed by atoms with E-state index in [1.165, 1.54) is 0 Å². The van der Waals surface area contributed by atoms with Gasteiger partial charge in [-0.05, 0) is 25.1 Å². The number of oxime groups is 1. The Morgan fingerprint density at radius 1 is 1.60 bits per heavy atom. The predicted molar refractivity (Wildman–Crippen MR) is 65.6 cm³/mol. The van der Waals surface area contributed by atoms with Crippen molar-refractivity contribution in [2.24, 2.45) is 10.9 Å². The number of halogens is 1. The number of anilines is 1. The lowest BCUT2D eigenvalue weighted by atomic mass is 10.1. The van der Waals surface area contributed by atoms with Crippen molar-refractivity contribution in [1.82, 2.24) is 0 Å². The highest BCUT2D eigenvalue weighted by molar-refractivity contribution is 9.10. The minimum atomic E-state index is 0.117. The average Bonchev–Trinajstić information content (AvgIpc) is 2.26. The van der Waals surface area contributed by atoms with Crippen LogP contribution in [0.25, 0.3) is 0 Å². The molecule has 1 rings (SSSR count). The van der Waals surface area contributed by atoms with Crippen LogP contribution >= 0.6 is 15.9 Å². The van der Waals surface area contributed by atoms with Crippen molar-refractivity contribution in [3.8, 4) is 0 Å². The van der Waals surface area contributed by atoms with Gasteiger partial charge in [0.2, 0.25) is 0 Å². The van der Waals surface area contributed by atoms with Crippen LogP contribution in [0.4, 0.5) is 5.69 Å². The van der Waals surface area contributed by atoms with Gasteiger partial charge in [0.05, 0.1) is 0 Å². The molecule has 0 aliphatic heterocycles. The third-order valence-corrected chi connectivity index (χ3v) is 2.72. The summed E-state index contributed by atoms with van der Waals surface area (Å²) in [5.41, 5.74) is 7.27. The molecule has 0 aliphatic rings. The molecule has 0 radical (unpaired) electrons. The Kier molecular flexibility index (Phi) is 3.96. The van der Waals surface area contributed by atoms with E-state index in [4.69, 9.17) is 10.9 Å². The molecule has 0 amide bonds. The smallest absolute Gasteiger partial charge is 0.172 e. The summed E-state index contributed by atoms with van der Waals surface area (Å²) in [4.78, 5) is 2.03. The summed E-state index contributed by atoms with van der Waals surface area (Å²) in [6.45, 7) is 2.89. The first kappa shape index (κ1) is 11.8. The summed E-state index contributed by atoms with van der Waals surface area (Å²) in [5.74, 6) is 0.117. The Hall–Kier alpha value is -1.23. The van der Waals surface area contributed by atoms with Crippen LogP contribution in [0.15, 0.2) is 27.8 Å². The van der Waals surface area contributed by atoms with Gasteiger partial charge in [0.25, 0.3) is 0 Å². The molecule has 82 valence electrons. The van der Waals surface area contributed by atoms with E-state index in [1.807, 2.05) is 37.1 Å². The molecular weight excluding hydrogens is 258 g/mol. The number of benzene rings is 1. The SMILES string of the molecule is CCN(C)c1ccc(Br)cc1/C(N)=N/O. The molecule has 0 heterocycles. The van der Waals surface area contributed by atoms with Gasteiger partial charge in [-0.1, -0.05) is 21.1 Å². The van der Waals surface area contributed by atoms with Gasteiger partial charge in [-0.15, -0.1) is 0 Å². The summed E-state index contributed by atoms with van der Waals surface area (Å²) >= 11 is 3.35. The summed E-state index contributed by atoms with van der Waals surface area (Å²) in [6, 6.07) is 5.69. The maximum absolute atomic E-state index is 8.69. The Bertz CT molecular complexity index is 379. The van der Waals surface area contributed by atoms with Crippen molar-refractivity contribution >= 4 is 27.5 Å². The minimum absolute atomic E-state index is 0.117. The minimum Gasteiger partial charge on any atom is -0.409 e. The van der Waals surface area contributed by atoms with Gasteiger partial charge in [0.1, 0.15) is 0 Å². The zero-order chi connectivity index (χ0) is 11.4. The molecule has 0 unspecified atom stereocenters. The molecule has 1 aromatic rings. The molecule has 0 fully saturated rings. The topological polar surface area (TPSA) is 61.8 Å². The van der Waals surface area contributed by atoms with Gasteiger partial charge < -0.3 is 15.8 Å². The van der Waals surface area contributed by atoms with Gasteiger partial charge in [-0.3, -0.25) is 0 Å². The first-order valence-corrected chi connectivity index (χ1v) is 5.38. The largest absolute Gasteiger partial charge is 0.409 e. The van der Waals surface area contributed by atoms with E-state index < -0.39 is 0 Å². The van der Waals surface area contributed by atoms with Crippen molar-refractivity contribution in [3.63, 3.8) is 0 Å². The second-order valence-electron chi connectivity index (χ2n) is 3.16. The van der Waals surface area contributed by atoms with Gasteiger partial charge in [0.15, 0.2) is 5.84 Å².